The van der Waals surface area contributed by atoms with Crippen LogP contribution in [0.3, 0.4) is 0 Å². The van der Waals surface area contributed by atoms with Gasteiger partial charge in [-0.25, -0.2) is 0 Å². The summed E-state index contributed by atoms with van der Waals surface area (Å²) in [7, 11) is 0. The van der Waals surface area contributed by atoms with Gasteiger partial charge in [0, 0.05) is 51.4 Å². The van der Waals surface area contributed by atoms with Crippen LogP contribution in [0.4, 0.5) is 5.69 Å². The monoisotopic (exact) mass is 345 g/mol. The van der Waals surface area contributed by atoms with Crippen molar-refractivity contribution in [3.8, 4) is 0 Å². The lowest BCUT2D eigenvalue weighted by atomic mass is 10.1. The molecule has 1 aromatic carbocycles. The molecule has 2 heterocycles. The van der Waals surface area contributed by atoms with E-state index >= 15 is 0 Å². The van der Waals surface area contributed by atoms with Gasteiger partial charge in [0.2, 0.25) is 12.3 Å². The topological polar surface area (TPSA) is 81.2 Å². The molecule has 0 aliphatic carbocycles. The van der Waals surface area contributed by atoms with Crippen LogP contribution in [0.15, 0.2) is 24.3 Å². The standard InChI is InChI=1S/C18H23N3O4/c22-13-20-7-1-6-19(8-9-20)11-14-2-4-16(5-3-14)21-12-15(18(24)25)10-17(21)23/h2-5,13,15H,1,6-12H2,(H,24,25). The summed E-state index contributed by atoms with van der Waals surface area (Å²) in [4.78, 5) is 39.6. The van der Waals surface area contributed by atoms with Crippen molar-refractivity contribution in [2.24, 2.45) is 5.92 Å². The summed E-state index contributed by atoms with van der Waals surface area (Å²) < 4.78 is 0. The van der Waals surface area contributed by atoms with Gasteiger partial charge in [-0.3, -0.25) is 19.3 Å². The molecule has 2 fully saturated rings. The molecule has 7 nitrogen and oxygen atoms in total. The Morgan fingerprint density at radius 2 is 1.92 bits per heavy atom. The molecule has 0 saturated carbocycles. The average Bonchev–Trinajstić information content (AvgIpc) is 2.86. The van der Waals surface area contributed by atoms with E-state index in [9.17, 15) is 14.4 Å². The second-order valence-electron chi connectivity index (χ2n) is 6.68. The highest BCUT2D eigenvalue weighted by Crippen LogP contribution is 2.25. The van der Waals surface area contributed by atoms with Crippen molar-refractivity contribution in [2.75, 3.05) is 37.6 Å². The minimum Gasteiger partial charge on any atom is -0.481 e. The summed E-state index contributed by atoms with van der Waals surface area (Å²) in [6.45, 7) is 4.41. The molecule has 0 aromatic heterocycles. The Bertz CT molecular complexity index is 646. The van der Waals surface area contributed by atoms with Crippen LogP contribution in [-0.2, 0) is 20.9 Å². The van der Waals surface area contributed by atoms with Gasteiger partial charge in [-0.05, 0) is 24.1 Å². The molecular weight excluding hydrogens is 322 g/mol. The van der Waals surface area contributed by atoms with E-state index in [2.05, 4.69) is 4.90 Å². The van der Waals surface area contributed by atoms with E-state index in [1.54, 1.807) is 9.80 Å². The molecule has 0 spiro atoms. The van der Waals surface area contributed by atoms with Gasteiger partial charge in [0.25, 0.3) is 0 Å². The first-order valence-corrected chi connectivity index (χ1v) is 8.60. The smallest absolute Gasteiger partial charge is 0.308 e. The fraction of sp³-hybridized carbons (Fsp3) is 0.500. The quantitative estimate of drug-likeness (QED) is 0.798. The van der Waals surface area contributed by atoms with Crippen LogP contribution < -0.4 is 4.90 Å². The number of aliphatic carboxylic acids is 1. The first-order chi connectivity index (χ1) is 12.1. The molecule has 2 amide bonds. The van der Waals surface area contributed by atoms with Gasteiger partial charge in [-0.15, -0.1) is 0 Å². The van der Waals surface area contributed by atoms with E-state index in [1.165, 1.54) is 0 Å². The van der Waals surface area contributed by atoms with E-state index < -0.39 is 11.9 Å². The maximum absolute atomic E-state index is 12.0. The highest BCUT2D eigenvalue weighted by Gasteiger charge is 2.34. The molecule has 0 radical (unpaired) electrons. The fourth-order valence-electron chi connectivity index (χ4n) is 3.42. The lowest BCUT2D eigenvalue weighted by molar-refractivity contribution is -0.141. The van der Waals surface area contributed by atoms with Crippen molar-refractivity contribution in [3.63, 3.8) is 0 Å². The Balaban J connectivity index is 1.60. The van der Waals surface area contributed by atoms with Crippen molar-refractivity contribution in [1.29, 1.82) is 0 Å². The van der Waals surface area contributed by atoms with Crippen molar-refractivity contribution in [2.45, 2.75) is 19.4 Å². The Hall–Kier alpha value is -2.41. The molecule has 0 bridgehead atoms. The zero-order valence-electron chi connectivity index (χ0n) is 14.1. The molecule has 3 rings (SSSR count). The summed E-state index contributed by atoms with van der Waals surface area (Å²) in [6, 6.07) is 7.73. The Kier molecular flexibility index (Phi) is 5.33. The Labute approximate surface area is 146 Å². The molecule has 2 aliphatic heterocycles. The Morgan fingerprint density at radius 3 is 2.56 bits per heavy atom. The van der Waals surface area contributed by atoms with Crippen LogP contribution in [0.2, 0.25) is 0 Å². The number of carboxylic acids is 1. The number of anilines is 1. The van der Waals surface area contributed by atoms with Crippen molar-refractivity contribution < 1.29 is 19.5 Å². The maximum atomic E-state index is 12.0. The SMILES string of the molecule is O=CN1CCCN(Cc2ccc(N3CC(C(=O)O)CC3=O)cc2)CC1. The predicted molar refractivity (Wildman–Crippen MR) is 92.1 cm³/mol. The lowest BCUT2D eigenvalue weighted by Gasteiger charge is -2.21. The highest BCUT2D eigenvalue weighted by atomic mass is 16.4. The number of carbonyl (C=O) groups excluding carboxylic acids is 2. The first-order valence-electron chi connectivity index (χ1n) is 8.60. The third-order valence-electron chi connectivity index (χ3n) is 4.90. The largest absolute Gasteiger partial charge is 0.481 e. The molecule has 2 saturated heterocycles. The van der Waals surface area contributed by atoms with Crippen molar-refractivity contribution in [1.82, 2.24) is 9.80 Å². The number of hydrogen-bond donors (Lipinski definition) is 1. The summed E-state index contributed by atoms with van der Waals surface area (Å²) in [5.41, 5.74) is 1.89. The lowest BCUT2D eigenvalue weighted by Crippen LogP contribution is -2.29. The molecule has 7 heteroatoms. The molecule has 1 unspecified atom stereocenters. The van der Waals surface area contributed by atoms with E-state index in [0.717, 1.165) is 56.8 Å². The van der Waals surface area contributed by atoms with E-state index in [0.29, 0.717) is 0 Å². The van der Waals surface area contributed by atoms with Crippen LogP contribution in [0.25, 0.3) is 0 Å². The van der Waals surface area contributed by atoms with Gasteiger partial charge in [0.1, 0.15) is 0 Å². The number of amides is 2. The van der Waals surface area contributed by atoms with Gasteiger partial charge in [0.05, 0.1) is 5.92 Å². The normalized spacial score (nSPS) is 22.1. The molecule has 1 atom stereocenters. The summed E-state index contributed by atoms with van der Waals surface area (Å²) in [5, 5.41) is 9.07. The molecule has 25 heavy (non-hydrogen) atoms. The van der Waals surface area contributed by atoms with Gasteiger partial charge in [-0.1, -0.05) is 12.1 Å². The fourth-order valence-corrected chi connectivity index (χ4v) is 3.42. The second-order valence-corrected chi connectivity index (χ2v) is 6.68. The zero-order chi connectivity index (χ0) is 17.8. The van der Waals surface area contributed by atoms with E-state index in [-0.39, 0.29) is 18.9 Å². The third kappa shape index (κ3) is 4.17. The number of nitrogens with zero attached hydrogens (tertiary/aromatic N) is 3. The number of rotatable bonds is 5. The van der Waals surface area contributed by atoms with E-state index in [4.69, 9.17) is 5.11 Å². The highest BCUT2D eigenvalue weighted by molar-refractivity contribution is 5.99. The van der Waals surface area contributed by atoms with Crippen LogP contribution in [0, 0.1) is 5.92 Å². The third-order valence-corrected chi connectivity index (χ3v) is 4.90. The van der Waals surface area contributed by atoms with Crippen molar-refractivity contribution in [3.05, 3.63) is 29.8 Å². The molecule has 1 N–H and O–H groups in total. The van der Waals surface area contributed by atoms with Crippen LogP contribution in [0.5, 0.6) is 0 Å². The Morgan fingerprint density at radius 1 is 1.16 bits per heavy atom. The summed E-state index contributed by atoms with van der Waals surface area (Å²) in [5.74, 6) is -1.68. The van der Waals surface area contributed by atoms with Gasteiger partial charge < -0.3 is 14.9 Å². The minimum atomic E-state index is -0.919. The minimum absolute atomic E-state index is 0.0676. The molecular formula is C18H23N3O4. The molecule has 134 valence electrons. The predicted octanol–water partition coefficient (Wildman–Crippen LogP) is 0.788. The number of benzene rings is 1. The number of hydrogen-bond acceptors (Lipinski definition) is 4. The summed E-state index contributed by atoms with van der Waals surface area (Å²) >= 11 is 0. The van der Waals surface area contributed by atoms with Crippen molar-refractivity contribution >= 4 is 24.0 Å². The van der Waals surface area contributed by atoms with Crippen LogP contribution >= 0.6 is 0 Å². The van der Waals surface area contributed by atoms with Crippen LogP contribution in [-0.4, -0.2) is 65.9 Å². The van der Waals surface area contributed by atoms with E-state index in [1.807, 2.05) is 24.3 Å². The number of carbonyl (C=O) groups is 3. The van der Waals surface area contributed by atoms with Gasteiger partial charge in [0.15, 0.2) is 0 Å². The maximum Gasteiger partial charge on any atom is 0.308 e. The average molecular weight is 345 g/mol. The van der Waals surface area contributed by atoms with Gasteiger partial charge >= 0.3 is 5.97 Å². The first kappa shape index (κ1) is 17.4. The van der Waals surface area contributed by atoms with Crippen LogP contribution in [0.1, 0.15) is 18.4 Å². The van der Waals surface area contributed by atoms with Gasteiger partial charge in [-0.2, -0.15) is 0 Å². The molecule has 1 aromatic rings. The summed E-state index contributed by atoms with van der Waals surface area (Å²) in [6.07, 6.45) is 1.95. The number of carboxylic acid groups (broad SMARTS) is 1. The second kappa shape index (κ2) is 7.65. The molecule has 2 aliphatic rings. The zero-order valence-corrected chi connectivity index (χ0v) is 14.1.